The highest BCUT2D eigenvalue weighted by molar-refractivity contribution is 9.10. The molecule has 0 fully saturated rings. The zero-order chi connectivity index (χ0) is 9.90. The van der Waals surface area contributed by atoms with E-state index in [9.17, 15) is 0 Å². The fourth-order valence-corrected chi connectivity index (χ4v) is 1.23. The van der Waals surface area contributed by atoms with Crippen LogP contribution in [0.25, 0.3) is 0 Å². The Morgan fingerprint density at radius 2 is 1.92 bits per heavy atom. The van der Waals surface area contributed by atoms with Crippen LogP contribution in [-0.2, 0) is 0 Å². The fraction of sp³-hybridized carbons (Fsp3) is 0.333. The molecule has 0 amide bonds. The highest BCUT2D eigenvalue weighted by atomic mass is 79.9. The van der Waals surface area contributed by atoms with Crippen LogP contribution in [0, 0.1) is 17.3 Å². The van der Waals surface area contributed by atoms with E-state index in [1.807, 2.05) is 24.3 Å². The summed E-state index contributed by atoms with van der Waals surface area (Å²) in [6.45, 7) is 6.33. The third-order valence-electron chi connectivity index (χ3n) is 1.41. The maximum atomic E-state index is 3.41. The van der Waals surface area contributed by atoms with Crippen LogP contribution >= 0.6 is 15.9 Å². The molecule has 0 heterocycles. The molecule has 1 rings (SSSR count). The smallest absolute Gasteiger partial charge is 0.0256 e. The molecule has 0 nitrogen and oxygen atoms in total. The Morgan fingerprint density at radius 1 is 1.23 bits per heavy atom. The van der Waals surface area contributed by atoms with Gasteiger partial charge in [-0.2, -0.15) is 0 Å². The lowest BCUT2D eigenvalue weighted by Gasteiger charge is -2.06. The Kier molecular flexibility index (Phi) is 3.17. The maximum Gasteiger partial charge on any atom is 0.0256 e. The number of rotatable bonds is 0. The Bertz CT molecular complexity index is 347. The van der Waals surface area contributed by atoms with Gasteiger partial charge < -0.3 is 0 Å². The number of hydrogen-bond acceptors (Lipinski definition) is 0. The van der Waals surface area contributed by atoms with Gasteiger partial charge in [-0.05, 0) is 39.0 Å². The first kappa shape index (κ1) is 10.3. The zero-order valence-electron chi connectivity index (χ0n) is 8.19. The molecular weight excluding hydrogens is 224 g/mol. The molecule has 0 aliphatic rings. The molecular formula is C12H13Br. The molecule has 13 heavy (non-hydrogen) atoms. The Morgan fingerprint density at radius 3 is 2.46 bits per heavy atom. The second-order valence-corrected chi connectivity index (χ2v) is 4.93. The van der Waals surface area contributed by atoms with Crippen LogP contribution in [0.1, 0.15) is 26.3 Å². The van der Waals surface area contributed by atoms with Crippen molar-refractivity contribution in [3.63, 3.8) is 0 Å². The van der Waals surface area contributed by atoms with E-state index < -0.39 is 0 Å². The van der Waals surface area contributed by atoms with Crippen molar-refractivity contribution < 1.29 is 0 Å². The highest BCUT2D eigenvalue weighted by Crippen LogP contribution is 2.13. The summed E-state index contributed by atoms with van der Waals surface area (Å²) in [6.07, 6.45) is 0. The summed E-state index contributed by atoms with van der Waals surface area (Å²) < 4.78 is 1.08. The molecule has 0 aromatic heterocycles. The van der Waals surface area contributed by atoms with Crippen LogP contribution in [0.3, 0.4) is 0 Å². The van der Waals surface area contributed by atoms with E-state index in [4.69, 9.17) is 0 Å². The minimum Gasteiger partial charge on any atom is -0.0920 e. The van der Waals surface area contributed by atoms with E-state index in [-0.39, 0.29) is 5.41 Å². The van der Waals surface area contributed by atoms with Gasteiger partial charge in [0.2, 0.25) is 0 Å². The summed E-state index contributed by atoms with van der Waals surface area (Å²) >= 11 is 3.41. The summed E-state index contributed by atoms with van der Waals surface area (Å²) in [5.41, 5.74) is 1.13. The lowest BCUT2D eigenvalue weighted by atomic mass is 9.97. The summed E-state index contributed by atoms with van der Waals surface area (Å²) in [7, 11) is 0. The Labute approximate surface area is 88.5 Å². The first-order chi connectivity index (χ1) is 5.97. The van der Waals surface area contributed by atoms with Gasteiger partial charge in [-0.25, -0.2) is 0 Å². The first-order valence-electron chi connectivity index (χ1n) is 4.26. The van der Waals surface area contributed by atoms with Crippen molar-refractivity contribution >= 4 is 15.9 Å². The third-order valence-corrected chi connectivity index (χ3v) is 1.90. The van der Waals surface area contributed by atoms with Gasteiger partial charge in [0.1, 0.15) is 0 Å². The fourth-order valence-electron chi connectivity index (χ4n) is 0.826. The Balaban J connectivity index is 2.90. The van der Waals surface area contributed by atoms with Crippen molar-refractivity contribution in [3.8, 4) is 11.8 Å². The third kappa shape index (κ3) is 4.15. The van der Waals surface area contributed by atoms with E-state index >= 15 is 0 Å². The van der Waals surface area contributed by atoms with Crippen molar-refractivity contribution in [3.05, 3.63) is 34.3 Å². The van der Waals surface area contributed by atoms with Crippen molar-refractivity contribution in [2.75, 3.05) is 0 Å². The van der Waals surface area contributed by atoms with Crippen molar-refractivity contribution in [1.29, 1.82) is 0 Å². The second-order valence-electron chi connectivity index (χ2n) is 4.01. The van der Waals surface area contributed by atoms with E-state index in [1.54, 1.807) is 0 Å². The first-order valence-corrected chi connectivity index (χ1v) is 5.05. The van der Waals surface area contributed by atoms with Gasteiger partial charge in [0.15, 0.2) is 0 Å². The molecule has 1 heteroatoms. The normalized spacial score (nSPS) is 10.5. The molecule has 0 spiro atoms. The zero-order valence-corrected chi connectivity index (χ0v) is 9.77. The van der Waals surface area contributed by atoms with E-state index in [0.717, 1.165) is 10.0 Å². The topological polar surface area (TPSA) is 0 Å². The predicted octanol–water partition coefficient (Wildman–Crippen LogP) is 3.85. The van der Waals surface area contributed by atoms with Gasteiger partial charge in [0.25, 0.3) is 0 Å². The largest absolute Gasteiger partial charge is 0.0920 e. The predicted molar refractivity (Wildman–Crippen MR) is 60.5 cm³/mol. The minimum atomic E-state index is 0.0717. The summed E-state index contributed by atoms with van der Waals surface area (Å²) in [4.78, 5) is 0. The minimum absolute atomic E-state index is 0.0717. The van der Waals surface area contributed by atoms with Crippen LogP contribution in [0.4, 0.5) is 0 Å². The molecule has 0 unspecified atom stereocenters. The van der Waals surface area contributed by atoms with Crippen LogP contribution in [-0.4, -0.2) is 0 Å². The molecule has 0 aliphatic carbocycles. The lowest BCUT2D eigenvalue weighted by Crippen LogP contribution is -1.99. The average Bonchev–Trinajstić information content (AvgIpc) is 2.00. The standard InChI is InChI=1S/C12H13Br/c1-12(2,3)8-7-10-5-4-6-11(13)9-10/h4-6,9H,1-3H3. The summed E-state index contributed by atoms with van der Waals surface area (Å²) in [5.74, 6) is 6.34. The van der Waals surface area contributed by atoms with Crippen molar-refractivity contribution in [2.45, 2.75) is 20.8 Å². The van der Waals surface area contributed by atoms with Gasteiger partial charge in [-0.3, -0.25) is 0 Å². The molecule has 0 saturated heterocycles. The maximum absolute atomic E-state index is 3.41. The van der Waals surface area contributed by atoms with Crippen molar-refractivity contribution in [1.82, 2.24) is 0 Å². The SMILES string of the molecule is CC(C)(C)C#Cc1cccc(Br)c1. The van der Waals surface area contributed by atoms with E-state index in [2.05, 4.69) is 48.5 Å². The molecule has 1 aromatic carbocycles. The number of benzene rings is 1. The van der Waals surface area contributed by atoms with E-state index in [0.29, 0.717) is 0 Å². The molecule has 0 atom stereocenters. The highest BCUT2D eigenvalue weighted by Gasteiger charge is 2.03. The van der Waals surface area contributed by atoms with Crippen LogP contribution in [0.5, 0.6) is 0 Å². The molecule has 68 valence electrons. The van der Waals surface area contributed by atoms with Gasteiger partial charge in [-0.15, -0.1) is 0 Å². The van der Waals surface area contributed by atoms with Crippen LogP contribution in [0.15, 0.2) is 28.7 Å². The average molecular weight is 237 g/mol. The quantitative estimate of drug-likeness (QED) is 0.601. The summed E-state index contributed by atoms with van der Waals surface area (Å²) in [6, 6.07) is 8.04. The molecule has 0 N–H and O–H groups in total. The van der Waals surface area contributed by atoms with Gasteiger partial charge in [0, 0.05) is 15.5 Å². The van der Waals surface area contributed by atoms with Crippen LogP contribution in [0.2, 0.25) is 0 Å². The van der Waals surface area contributed by atoms with Gasteiger partial charge in [-0.1, -0.05) is 33.8 Å². The van der Waals surface area contributed by atoms with Crippen molar-refractivity contribution in [2.24, 2.45) is 5.41 Å². The van der Waals surface area contributed by atoms with Crippen LogP contribution < -0.4 is 0 Å². The summed E-state index contributed by atoms with van der Waals surface area (Å²) in [5, 5.41) is 0. The number of hydrogen-bond donors (Lipinski definition) is 0. The van der Waals surface area contributed by atoms with E-state index in [1.165, 1.54) is 0 Å². The monoisotopic (exact) mass is 236 g/mol. The molecule has 0 aliphatic heterocycles. The van der Waals surface area contributed by atoms with Gasteiger partial charge in [0.05, 0.1) is 0 Å². The second kappa shape index (κ2) is 3.98. The molecule has 1 aromatic rings. The molecule has 0 bridgehead atoms. The molecule has 0 saturated carbocycles. The van der Waals surface area contributed by atoms with Gasteiger partial charge >= 0.3 is 0 Å². The Hall–Kier alpha value is -0.740. The molecule has 0 radical (unpaired) electrons. The number of halogens is 1. The lowest BCUT2D eigenvalue weighted by molar-refractivity contribution is 0.571.